The molecule has 0 radical (unpaired) electrons. The molecule has 1 aromatic heterocycles. The van der Waals surface area contributed by atoms with Crippen LogP contribution in [0.2, 0.25) is 0 Å². The minimum absolute atomic E-state index is 0. The molecule has 0 bridgehead atoms. The topological polar surface area (TPSA) is 71.5 Å². The first-order chi connectivity index (χ1) is 10.5. The van der Waals surface area contributed by atoms with E-state index in [4.69, 9.17) is 10.2 Å². The van der Waals surface area contributed by atoms with Crippen LogP contribution in [0, 0.1) is 0 Å². The van der Waals surface area contributed by atoms with Crippen LogP contribution in [0.5, 0.6) is 0 Å². The van der Waals surface area contributed by atoms with Gasteiger partial charge in [0.05, 0.1) is 17.8 Å². The third-order valence-corrected chi connectivity index (χ3v) is 4.45. The third kappa shape index (κ3) is 5.52. The predicted molar refractivity (Wildman–Crippen MR) is 94.6 cm³/mol. The summed E-state index contributed by atoms with van der Waals surface area (Å²) in [6, 6.07) is 3.98. The van der Waals surface area contributed by atoms with Crippen molar-refractivity contribution in [3.8, 4) is 0 Å². The number of hydrogen-bond donors (Lipinski definition) is 2. The molecule has 23 heavy (non-hydrogen) atoms. The SMILES string of the molecule is CCCC(C)(N)C(=O)NCC(c1ccco1)N1CCCCC1.Cl. The lowest BCUT2D eigenvalue weighted by Crippen LogP contribution is -2.53. The quantitative estimate of drug-likeness (QED) is 0.798. The summed E-state index contributed by atoms with van der Waals surface area (Å²) in [7, 11) is 0. The number of carbonyl (C=O) groups is 1. The average Bonchev–Trinajstić information content (AvgIpc) is 3.02. The van der Waals surface area contributed by atoms with Crippen molar-refractivity contribution in [2.45, 2.75) is 57.5 Å². The van der Waals surface area contributed by atoms with E-state index in [-0.39, 0.29) is 24.4 Å². The highest BCUT2D eigenvalue weighted by molar-refractivity contribution is 5.85. The van der Waals surface area contributed by atoms with Crippen LogP contribution in [0.15, 0.2) is 22.8 Å². The Kier molecular flexibility index (Phi) is 8.09. The molecule has 1 aliphatic rings. The van der Waals surface area contributed by atoms with E-state index in [0.717, 1.165) is 25.3 Å². The van der Waals surface area contributed by atoms with Gasteiger partial charge in [-0.3, -0.25) is 9.69 Å². The Hall–Kier alpha value is -1.04. The Labute approximate surface area is 145 Å². The molecule has 2 heterocycles. The minimum Gasteiger partial charge on any atom is -0.468 e. The fourth-order valence-electron chi connectivity index (χ4n) is 3.14. The fourth-order valence-corrected chi connectivity index (χ4v) is 3.14. The summed E-state index contributed by atoms with van der Waals surface area (Å²) < 4.78 is 5.59. The van der Waals surface area contributed by atoms with E-state index in [2.05, 4.69) is 10.2 Å². The molecule has 0 saturated carbocycles. The number of nitrogens with zero attached hydrogens (tertiary/aromatic N) is 1. The van der Waals surface area contributed by atoms with Gasteiger partial charge in [-0.1, -0.05) is 19.8 Å². The molecule has 1 amide bonds. The van der Waals surface area contributed by atoms with Crippen molar-refractivity contribution in [1.82, 2.24) is 10.2 Å². The van der Waals surface area contributed by atoms with Gasteiger partial charge in [0, 0.05) is 6.54 Å². The number of amides is 1. The number of furan rings is 1. The van der Waals surface area contributed by atoms with Gasteiger partial charge in [0.1, 0.15) is 5.76 Å². The van der Waals surface area contributed by atoms with Crippen molar-refractivity contribution in [3.63, 3.8) is 0 Å². The highest BCUT2D eigenvalue weighted by atomic mass is 35.5. The van der Waals surface area contributed by atoms with Gasteiger partial charge < -0.3 is 15.5 Å². The van der Waals surface area contributed by atoms with Gasteiger partial charge in [0.15, 0.2) is 0 Å². The lowest BCUT2D eigenvalue weighted by molar-refractivity contribution is -0.126. The second kappa shape index (κ2) is 9.30. The molecule has 2 unspecified atom stereocenters. The number of nitrogens with two attached hydrogens (primary N) is 1. The minimum atomic E-state index is -0.801. The predicted octanol–water partition coefficient (Wildman–Crippen LogP) is 2.86. The zero-order valence-electron chi connectivity index (χ0n) is 14.2. The molecule has 1 fully saturated rings. The van der Waals surface area contributed by atoms with E-state index in [9.17, 15) is 4.79 Å². The van der Waals surface area contributed by atoms with Gasteiger partial charge in [0.2, 0.25) is 5.91 Å². The summed E-state index contributed by atoms with van der Waals surface area (Å²) in [5.41, 5.74) is 5.30. The van der Waals surface area contributed by atoms with Crippen LogP contribution in [0.3, 0.4) is 0 Å². The molecule has 0 spiro atoms. The normalized spacial score (nSPS) is 19.4. The van der Waals surface area contributed by atoms with Gasteiger partial charge in [-0.05, 0) is 51.4 Å². The van der Waals surface area contributed by atoms with Crippen molar-refractivity contribution >= 4 is 18.3 Å². The van der Waals surface area contributed by atoms with Gasteiger partial charge in [0.25, 0.3) is 0 Å². The molecule has 3 N–H and O–H groups in total. The van der Waals surface area contributed by atoms with E-state index in [1.165, 1.54) is 19.3 Å². The highest BCUT2D eigenvalue weighted by Gasteiger charge is 2.30. The maximum absolute atomic E-state index is 12.3. The summed E-state index contributed by atoms with van der Waals surface area (Å²) >= 11 is 0. The van der Waals surface area contributed by atoms with Crippen LogP contribution in [-0.4, -0.2) is 36.0 Å². The number of carbonyl (C=O) groups excluding carboxylic acids is 1. The smallest absolute Gasteiger partial charge is 0.239 e. The molecule has 1 aliphatic heterocycles. The van der Waals surface area contributed by atoms with Crippen LogP contribution < -0.4 is 11.1 Å². The maximum Gasteiger partial charge on any atom is 0.239 e. The molecule has 2 atom stereocenters. The summed E-state index contributed by atoms with van der Waals surface area (Å²) in [6.45, 7) is 6.49. The molecular weight excluding hydrogens is 314 g/mol. The first-order valence-corrected chi connectivity index (χ1v) is 8.39. The summed E-state index contributed by atoms with van der Waals surface area (Å²) in [6.07, 6.45) is 6.97. The second-order valence-electron chi connectivity index (χ2n) is 6.51. The summed E-state index contributed by atoms with van der Waals surface area (Å²) in [4.78, 5) is 14.7. The first-order valence-electron chi connectivity index (χ1n) is 8.39. The monoisotopic (exact) mass is 343 g/mol. The number of piperidine rings is 1. The van der Waals surface area contributed by atoms with Crippen LogP contribution >= 0.6 is 12.4 Å². The molecule has 6 heteroatoms. The summed E-state index contributed by atoms with van der Waals surface area (Å²) in [5.74, 6) is 0.833. The van der Waals surface area contributed by atoms with Crippen molar-refractivity contribution in [1.29, 1.82) is 0 Å². The molecular formula is C17H30ClN3O2. The molecule has 1 saturated heterocycles. The molecule has 5 nitrogen and oxygen atoms in total. The van der Waals surface area contributed by atoms with Crippen LogP contribution in [-0.2, 0) is 4.79 Å². The van der Waals surface area contributed by atoms with Crippen LogP contribution in [0.4, 0.5) is 0 Å². The van der Waals surface area contributed by atoms with Crippen molar-refractivity contribution in [2.75, 3.05) is 19.6 Å². The highest BCUT2D eigenvalue weighted by Crippen LogP contribution is 2.24. The fraction of sp³-hybridized carbons (Fsp3) is 0.706. The van der Waals surface area contributed by atoms with E-state index in [1.54, 1.807) is 13.2 Å². The molecule has 0 aromatic carbocycles. The number of likely N-dealkylation sites (tertiary alicyclic amines) is 1. The molecule has 2 rings (SSSR count). The largest absolute Gasteiger partial charge is 0.468 e. The van der Waals surface area contributed by atoms with Crippen molar-refractivity contribution in [3.05, 3.63) is 24.2 Å². The molecule has 1 aromatic rings. The Morgan fingerprint density at radius 2 is 2.13 bits per heavy atom. The van der Waals surface area contributed by atoms with Gasteiger partial charge >= 0.3 is 0 Å². The number of rotatable bonds is 7. The number of halogens is 1. The van der Waals surface area contributed by atoms with E-state index in [0.29, 0.717) is 13.0 Å². The third-order valence-electron chi connectivity index (χ3n) is 4.45. The van der Waals surface area contributed by atoms with Crippen molar-refractivity contribution < 1.29 is 9.21 Å². The zero-order chi connectivity index (χ0) is 16.0. The summed E-state index contributed by atoms with van der Waals surface area (Å²) in [5, 5.41) is 3.03. The lowest BCUT2D eigenvalue weighted by atomic mass is 9.96. The van der Waals surface area contributed by atoms with E-state index in [1.807, 2.05) is 19.1 Å². The number of hydrogen-bond acceptors (Lipinski definition) is 4. The Balaban J connectivity index is 0.00000264. The van der Waals surface area contributed by atoms with Gasteiger partial charge in [-0.25, -0.2) is 0 Å². The average molecular weight is 344 g/mol. The van der Waals surface area contributed by atoms with Crippen LogP contribution in [0.1, 0.15) is 57.8 Å². The standard InChI is InChI=1S/C17H29N3O2.ClH/c1-3-9-17(2,18)16(21)19-13-14(15-8-7-12-22-15)20-10-5-4-6-11-20;/h7-8,12,14H,3-6,9-11,13,18H2,1-2H3,(H,19,21);1H. The Morgan fingerprint density at radius 1 is 1.43 bits per heavy atom. The second-order valence-corrected chi connectivity index (χ2v) is 6.51. The maximum atomic E-state index is 12.3. The van der Waals surface area contributed by atoms with Crippen LogP contribution in [0.25, 0.3) is 0 Å². The lowest BCUT2D eigenvalue weighted by Gasteiger charge is -2.34. The molecule has 132 valence electrons. The number of nitrogens with one attached hydrogen (secondary N) is 1. The van der Waals surface area contributed by atoms with E-state index >= 15 is 0 Å². The van der Waals surface area contributed by atoms with Gasteiger partial charge in [-0.2, -0.15) is 0 Å². The zero-order valence-corrected chi connectivity index (χ0v) is 15.0. The first kappa shape index (κ1) is 20.0. The van der Waals surface area contributed by atoms with Crippen molar-refractivity contribution in [2.24, 2.45) is 5.73 Å². The van der Waals surface area contributed by atoms with E-state index < -0.39 is 5.54 Å². The molecule has 0 aliphatic carbocycles. The Morgan fingerprint density at radius 3 is 2.70 bits per heavy atom. The Bertz CT molecular complexity index is 456. The van der Waals surface area contributed by atoms with Gasteiger partial charge in [-0.15, -0.1) is 12.4 Å².